The van der Waals surface area contributed by atoms with E-state index in [-0.39, 0.29) is 5.54 Å². The molecule has 1 nitrogen and oxygen atoms in total. The lowest BCUT2D eigenvalue weighted by Gasteiger charge is -2.34. The van der Waals surface area contributed by atoms with Crippen molar-refractivity contribution in [1.29, 1.82) is 0 Å². The maximum atomic E-state index is 3.71. The topological polar surface area (TPSA) is 12.0 Å². The molecule has 0 spiro atoms. The van der Waals surface area contributed by atoms with Crippen LogP contribution in [0.2, 0.25) is 0 Å². The molecule has 3 heteroatoms. The standard InChI is InChI=1S/C16H26BrNS/c1-16(2,3)18-11-13-7-5-4-6-12(13)10-15-14(17)8-9-19-15/h8-9,12-13,18H,4-7,10-11H2,1-3H3. The number of thiophene rings is 1. The lowest BCUT2D eigenvalue weighted by Crippen LogP contribution is -2.41. The lowest BCUT2D eigenvalue weighted by atomic mass is 9.77. The molecule has 0 aromatic carbocycles. The number of hydrogen-bond acceptors (Lipinski definition) is 2. The fourth-order valence-corrected chi connectivity index (χ4v) is 4.58. The predicted octanol–water partition coefficient (Wildman–Crippen LogP) is 5.25. The molecule has 0 aliphatic heterocycles. The first-order valence-electron chi connectivity index (χ1n) is 7.42. The quantitative estimate of drug-likeness (QED) is 0.787. The summed E-state index contributed by atoms with van der Waals surface area (Å²) in [5, 5.41) is 5.91. The molecule has 2 unspecified atom stereocenters. The van der Waals surface area contributed by atoms with Gasteiger partial charge in [0.1, 0.15) is 0 Å². The number of rotatable bonds is 4. The summed E-state index contributed by atoms with van der Waals surface area (Å²) in [6.45, 7) is 7.97. The van der Waals surface area contributed by atoms with E-state index < -0.39 is 0 Å². The number of hydrogen-bond donors (Lipinski definition) is 1. The molecule has 108 valence electrons. The van der Waals surface area contributed by atoms with Gasteiger partial charge < -0.3 is 5.32 Å². The second kappa shape index (κ2) is 6.73. The van der Waals surface area contributed by atoms with E-state index >= 15 is 0 Å². The minimum atomic E-state index is 0.242. The van der Waals surface area contributed by atoms with Crippen molar-refractivity contribution in [3.63, 3.8) is 0 Å². The van der Waals surface area contributed by atoms with Crippen molar-refractivity contribution in [2.24, 2.45) is 11.8 Å². The Hall–Kier alpha value is 0.140. The van der Waals surface area contributed by atoms with E-state index in [1.54, 1.807) is 0 Å². The van der Waals surface area contributed by atoms with Crippen LogP contribution in [0.3, 0.4) is 0 Å². The van der Waals surface area contributed by atoms with Crippen molar-refractivity contribution in [2.45, 2.75) is 58.4 Å². The Morgan fingerprint density at radius 1 is 1.26 bits per heavy atom. The summed E-state index contributed by atoms with van der Waals surface area (Å²) in [6.07, 6.45) is 6.89. The van der Waals surface area contributed by atoms with E-state index in [4.69, 9.17) is 0 Å². The lowest BCUT2D eigenvalue weighted by molar-refractivity contribution is 0.214. The van der Waals surface area contributed by atoms with Gasteiger partial charge in [-0.3, -0.25) is 0 Å². The van der Waals surface area contributed by atoms with Crippen LogP contribution in [0.4, 0.5) is 0 Å². The van der Waals surface area contributed by atoms with Crippen molar-refractivity contribution in [3.8, 4) is 0 Å². The number of nitrogens with one attached hydrogen (secondary N) is 1. The molecule has 1 aromatic heterocycles. The molecule has 0 radical (unpaired) electrons. The number of halogens is 1. The van der Waals surface area contributed by atoms with Gasteiger partial charge in [0.05, 0.1) is 0 Å². The van der Waals surface area contributed by atoms with Crippen LogP contribution in [0.15, 0.2) is 15.9 Å². The summed E-state index contributed by atoms with van der Waals surface area (Å²) < 4.78 is 1.31. The molecule has 1 N–H and O–H groups in total. The summed E-state index contributed by atoms with van der Waals surface area (Å²) >= 11 is 5.58. The maximum absolute atomic E-state index is 3.71. The van der Waals surface area contributed by atoms with Crippen molar-refractivity contribution >= 4 is 27.3 Å². The predicted molar refractivity (Wildman–Crippen MR) is 88.9 cm³/mol. The molecular weight excluding hydrogens is 318 g/mol. The maximum Gasteiger partial charge on any atom is 0.0314 e. The van der Waals surface area contributed by atoms with Gasteiger partial charge in [-0.05, 0) is 85.8 Å². The summed E-state index contributed by atoms with van der Waals surface area (Å²) in [7, 11) is 0. The third-order valence-corrected chi connectivity index (χ3v) is 6.05. The van der Waals surface area contributed by atoms with Crippen LogP contribution in [0.5, 0.6) is 0 Å². The first kappa shape index (κ1) is 15.5. The highest BCUT2D eigenvalue weighted by atomic mass is 79.9. The summed E-state index contributed by atoms with van der Waals surface area (Å²) in [6, 6.07) is 2.19. The molecule has 2 atom stereocenters. The molecular formula is C16H26BrNS. The van der Waals surface area contributed by atoms with Crippen LogP contribution >= 0.6 is 27.3 Å². The smallest absolute Gasteiger partial charge is 0.0314 e. The van der Waals surface area contributed by atoms with Crippen LogP contribution in [-0.4, -0.2) is 12.1 Å². The van der Waals surface area contributed by atoms with Gasteiger partial charge in [0.2, 0.25) is 0 Å². The summed E-state index contributed by atoms with van der Waals surface area (Å²) in [5.74, 6) is 1.71. The van der Waals surface area contributed by atoms with E-state index in [1.165, 1.54) is 48.0 Å². The fraction of sp³-hybridized carbons (Fsp3) is 0.750. The van der Waals surface area contributed by atoms with Gasteiger partial charge >= 0.3 is 0 Å². The van der Waals surface area contributed by atoms with E-state index in [0.717, 1.165) is 11.8 Å². The van der Waals surface area contributed by atoms with E-state index in [0.29, 0.717) is 0 Å². The zero-order valence-electron chi connectivity index (χ0n) is 12.3. The Morgan fingerprint density at radius 2 is 1.95 bits per heavy atom. The second-order valence-corrected chi connectivity index (χ2v) is 8.69. The average Bonchev–Trinajstić information content (AvgIpc) is 2.73. The zero-order valence-corrected chi connectivity index (χ0v) is 14.7. The second-order valence-electron chi connectivity index (χ2n) is 6.83. The molecule has 0 amide bonds. The average molecular weight is 344 g/mol. The van der Waals surface area contributed by atoms with Crippen molar-refractivity contribution in [2.75, 3.05) is 6.54 Å². The van der Waals surface area contributed by atoms with E-state index in [2.05, 4.69) is 53.5 Å². The minimum absolute atomic E-state index is 0.242. The van der Waals surface area contributed by atoms with Crippen LogP contribution in [0.1, 0.15) is 51.3 Å². The fourth-order valence-electron chi connectivity index (χ4n) is 2.97. The molecule has 1 heterocycles. The highest BCUT2D eigenvalue weighted by Gasteiger charge is 2.27. The van der Waals surface area contributed by atoms with Crippen molar-refractivity contribution < 1.29 is 0 Å². The largest absolute Gasteiger partial charge is 0.312 e. The van der Waals surface area contributed by atoms with Crippen molar-refractivity contribution in [1.82, 2.24) is 5.32 Å². The first-order chi connectivity index (χ1) is 8.96. The minimum Gasteiger partial charge on any atom is -0.312 e. The molecule has 1 fully saturated rings. The van der Waals surface area contributed by atoms with Crippen LogP contribution < -0.4 is 5.32 Å². The van der Waals surface area contributed by atoms with Gasteiger partial charge in [0, 0.05) is 14.9 Å². The zero-order chi connectivity index (χ0) is 13.9. The summed E-state index contributed by atoms with van der Waals surface area (Å²) in [4.78, 5) is 1.53. The van der Waals surface area contributed by atoms with E-state index in [1.807, 2.05) is 11.3 Å². The molecule has 1 saturated carbocycles. The summed E-state index contributed by atoms with van der Waals surface area (Å²) in [5.41, 5.74) is 0.242. The van der Waals surface area contributed by atoms with Crippen molar-refractivity contribution in [3.05, 3.63) is 20.8 Å². The first-order valence-corrected chi connectivity index (χ1v) is 9.10. The molecule has 1 aromatic rings. The Balaban J connectivity index is 1.94. The van der Waals surface area contributed by atoms with Gasteiger partial charge in [-0.2, -0.15) is 0 Å². The van der Waals surface area contributed by atoms with E-state index in [9.17, 15) is 0 Å². The van der Waals surface area contributed by atoms with Gasteiger partial charge in [0.15, 0.2) is 0 Å². The highest BCUT2D eigenvalue weighted by Crippen LogP contribution is 2.35. The van der Waals surface area contributed by atoms with Gasteiger partial charge in [-0.15, -0.1) is 11.3 Å². The Bertz CT molecular complexity index is 394. The Kier molecular flexibility index (Phi) is 5.50. The van der Waals surface area contributed by atoms with Crippen LogP contribution in [0, 0.1) is 11.8 Å². The Labute approximate surface area is 130 Å². The SMILES string of the molecule is CC(C)(C)NCC1CCCCC1Cc1sccc1Br. The molecule has 19 heavy (non-hydrogen) atoms. The van der Waals surface area contributed by atoms with Gasteiger partial charge in [-0.1, -0.05) is 12.8 Å². The van der Waals surface area contributed by atoms with Gasteiger partial charge in [-0.25, -0.2) is 0 Å². The highest BCUT2D eigenvalue weighted by molar-refractivity contribution is 9.10. The molecule has 2 rings (SSSR count). The molecule has 0 bridgehead atoms. The normalized spacial score (nSPS) is 24.6. The van der Waals surface area contributed by atoms with Crippen LogP contribution in [0.25, 0.3) is 0 Å². The Morgan fingerprint density at radius 3 is 2.53 bits per heavy atom. The molecule has 0 saturated heterocycles. The van der Waals surface area contributed by atoms with Gasteiger partial charge in [0.25, 0.3) is 0 Å². The van der Waals surface area contributed by atoms with Crippen LogP contribution in [-0.2, 0) is 6.42 Å². The third-order valence-electron chi connectivity index (χ3n) is 4.10. The molecule has 1 aliphatic rings. The third kappa shape index (κ3) is 4.87. The molecule has 1 aliphatic carbocycles. The monoisotopic (exact) mass is 343 g/mol.